The lowest BCUT2D eigenvalue weighted by molar-refractivity contribution is 0.169. The highest BCUT2D eigenvalue weighted by atomic mass is 35.5. The molecular weight excluding hydrogens is 410 g/mol. The molecule has 0 aliphatic carbocycles. The van der Waals surface area contributed by atoms with E-state index in [0.29, 0.717) is 35.2 Å². The van der Waals surface area contributed by atoms with Gasteiger partial charge in [0.2, 0.25) is 5.95 Å². The molecule has 0 aliphatic rings. The molecule has 156 valence electrons. The van der Waals surface area contributed by atoms with E-state index in [0.717, 1.165) is 0 Å². The first-order chi connectivity index (χ1) is 14.3. The molecule has 1 unspecified atom stereocenters. The summed E-state index contributed by atoms with van der Waals surface area (Å²) in [4.78, 5) is 8.43. The molecule has 9 heteroatoms. The zero-order chi connectivity index (χ0) is 21.7. The number of anilines is 2. The van der Waals surface area contributed by atoms with Gasteiger partial charge < -0.3 is 5.32 Å². The Balaban J connectivity index is 1.95. The quantitative estimate of drug-likeness (QED) is 0.458. The molecule has 3 aromatic rings. The Hall–Kier alpha value is -3.05. The fourth-order valence-corrected chi connectivity index (χ4v) is 3.37. The minimum atomic E-state index is -1.78. The number of hydrogen-bond acceptors (Lipinski definition) is 5. The van der Waals surface area contributed by atoms with Crippen LogP contribution >= 0.6 is 11.6 Å². The van der Waals surface area contributed by atoms with Crippen LogP contribution < -0.4 is 5.32 Å². The second kappa shape index (κ2) is 9.18. The number of rotatable bonds is 8. The maximum absolute atomic E-state index is 14.9. The summed E-state index contributed by atoms with van der Waals surface area (Å²) < 4.78 is 30.7. The summed E-state index contributed by atoms with van der Waals surface area (Å²) in [6.45, 7) is 3.55. The van der Waals surface area contributed by atoms with Gasteiger partial charge in [0.15, 0.2) is 5.82 Å². The van der Waals surface area contributed by atoms with Crippen molar-refractivity contribution in [3.63, 3.8) is 0 Å². The van der Waals surface area contributed by atoms with Crippen LogP contribution in [0.4, 0.5) is 20.4 Å². The number of benzene rings is 1. The highest BCUT2D eigenvalue weighted by Crippen LogP contribution is 2.34. The number of hydrogen-bond donors (Lipinski definition) is 1. The van der Waals surface area contributed by atoms with Crippen LogP contribution in [-0.4, -0.2) is 19.7 Å². The highest BCUT2D eigenvalue weighted by molar-refractivity contribution is 6.29. The molecule has 30 heavy (non-hydrogen) atoms. The molecule has 1 aromatic carbocycles. The van der Waals surface area contributed by atoms with Crippen LogP contribution in [0.25, 0.3) is 11.4 Å². The third-order valence-corrected chi connectivity index (χ3v) is 4.80. The second-order valence-electron chi connectivity index (χ2n) is 7.02. The fraction of sp³-hybridized carbons (Fsp3) is 0.333. The summed E-state index contributed by atoms with van der Waals surface area (Å²) in [5.74, 6) is 0.142. The van der Waals surface area contributed by atoms with Gasteiger partial charge in [0.1, 0.15) is 16.6 Å². The summed E-state index contributed by atoms with van der Waals surface area (Å²) in [5, 5.41) is 16.6. The van der Waals surface area contributed by atoms with Gasteiger partial charge in [0.25, 0.3) is 0 Å². The smallest absolute Gasteiger partial charge is 0.247 e. The van der Waals surface area contributed by atoms with Crippen LogP contribution in [0.5, 0.6) is 0 Å². The molecule has 1 N–H and O–H groups in total. The molecule has 0 radical (unpaired) electrons. The molecule has 0 saturated heterocycles. The maximum Gasteiger partial charge on any atom is 0.247 e. The van der Waals surface area contributed by atoms with Gasteiger partial charge in [0, 0.05) is 23.0 Å². The number of pyridine rings is 1. The van der Waals surface area contributed by atoms with E-state index in [1.165, 1.54) is 25.1 Å². The van der Waals surface area contributed by atoms with Crippen molar-refractivity contribution >= 4 is 23.2 Å². The zero-order valence-corrected chi connectivity index (χ0v) is 17.4. The Bertz CT molecular complexity index is 1070. The van der Waals surface area contributed by atoms with Crippen LogP contribution in [0.1, 0.15) is 38.7 Å². The number of aryl methyl sites for hydroxylation is 1. The van der Waals surface area contributed by atoms with Crippen LogP contribution in [0.3, 0.4) is 0 Å². The molecule has 0 aliphatic heterocycles. The van der Waals surface area contributed by atoms with Crippen LogP contribution in [0, 0.1) is 17.1 Å². The first-order valence-corrected chi connectivity index (χ1v) is 9.91. The molecule has 0 saturated carbocycles. The molecule has 3 rings (SSSR count). The third kappa shape index (κ3) is 4.92. The topological polar surface area (TPSA) is 79.4 Å². The SMILES string of the molecule is CCCC(C)(F)c1cc(Nc2nc(-c3ccnc(Cl)c3)n(CCC#N)n2)ccc1F. The highest BCUT2D eigenvalue weighted by Gasteiger charge is 2.28. The number of nitriles is 1. The second-order valence-corrected chi connectivity index (χ2v) is 7.41. The van der Waals surface area contributed by atoms with Crippen LogP contribution in [0.15, 0.2) is 36.5 Å². The van der Waals surface area contributed by atoms with Crippen molar-refractivity contribution < 1.29 is 8.78 Å². The van der Waals surface area contributed by atoms with Crippen LogP contribution in [0.2, 0.25) is 5.15 Å². The van der Waals surface area contributed by atoms with E-state index >= 15 is 0 Å². The van der Waals surface area contributed by atoms with Crippen molar-refractivity contribution in [2.24, 2.45) is 0 Å². The Morgan fingerprint density at radius 2 is 2.10 bits per heavy atom. The van der Waals surface area contributed by atoms with Crippen molar-refractivity contribution in [1.29, 1.82) is 5.26 Å². The van der Waals surface area contributed by atoms with E-state index in [2.05, 4.69) is 26.5 Å². The summed E-state index contributed by atoms with van der Waals surface area (Å²) in [7, 11) is 0. The van der Waals surface area contributed by atoms with Crippen LogP contribution in [-0.2, 0) is 12.2 Å². The van der Waals surface area contributed by atoms with E-state index in [1.807, 2.05) is 6.92 Å². The van der Waals surface area contributed by atoms with E-state index in [4.69, 9.17) is 16.9 Å². The molecule has 6 nitrogen and oxygen atoms in total. The van der Waals surface area contributed by atoms with Crippen molar-refractivity contribution in [3.05, 3.63) is 53.1 Å². The standard InChI is InChI=1S/C21H21ClF2N6/c1-3-8-21(2,24)16-13-15(5-6-17(16)23)27-20-28-19(30(29-20)11-4-9-25)14-7-10-26-18(22)12-14/h5-7,10,12-13H,3-4,8,11H2,1-2H3,(H,27,29). The maximum atomic E-state index is 14.9. The first-order valence-electron chi connectivity index (χ1n) is 9.53. The normalized spacial score (nSPS) is 12.9. The molecule has 0 bridgehead atoms. The number of alkyl halides is 1. The van der Waals surface area contributed by atoms with Gasteiger partial charge >= 0.3 is 0 Å². The first kappa shape index (κ1) is 21.7. The molecule has 0 spiro atoms. The lowest BCUT2D eigenvalue weighted by atomic mass is 9.92. The third-order valence-electron chi connectivity index (χ3n) is 4.60. The molecule has 0 amide bonds. The number of aromatic nitrogens is 4. The van der Waals surface area contributed by atoms with E-state index in [9.17, 15) is 8.78 Å². The Morgan fingerprint density at radius 3 is 2.80 bits per heavy atom. The van der Waals surface area contributed by atoms with Gasteiger partial charge in [-0.1, -0.05) is 24.9 Å². The molecule has 2 heterocycles. The average Bonchev–Trinajstić information content (AvgIpc) is 3.10. The van der Waals surface area contributed by atoms with Gasteiger partial charge in [-0.15, -0.1) is 5.10 Å². The molecule has 0 fully saturated rings. The molecule has 2 aromatic heterocycles. The van der Waals surface area contributed by atoms with E-state index < -0.39 is 11.5 Å². The minimum absolute atomic E-state index is 0.0144. The number of halogens is 3. The van der Waals surface area contributed by atoms with Gasteiger partial charge in [-0.3, -0.25) is 0 Å². The van der Waals surface area contributed by atoms with Crippen molar-refractivity contribution in [2.75, 3.05) is 5.32 Å². The summed E-state index contributed by atoms with van der Waals surface area (Å²) in [5.41, 5.74) is -0.648. The van der Waals surface area contributed by atoms with Crippen molar-refractivity contribution in [3.8, 4) is 17.5 Å². The number of nitrogens with one attached hydrogen (secondary N) is 1. The predicted molar refractivity (Wildman–Crippen MR) is 112 cm³/mol. The van der Waals surface area contributed by atoms with Crippen molar-refractivity contribution in [2.45, 2.75) is 45.3 Å². The Kier molecular flexibility index (Phi) is 6.63. The summed E-state index contributed by atoms with van der Waals surface area (Å²) in [6, 6.07) is 9.61. The Labute approximate surface area is 178 Å². The summed E-state index contributed by atoms with van der Waals surface area (Å²) in [6.07, 6.45) is 2.59. The van der Waals surface area contributed by atoms with Crippen molar-refractivity contribution in [1.82, 2.24) is 19.7 Å². The van der Waals surface area contributed by atoms with Gasteiger partial charge in [0.05, 0.1) is 19.0 Å². The molecular formula is C21H21ClF2N6. The zero-order valence-electron chi connectivity index (χ0n) is 16.7. The van der Waals surface area contributed by atoms with Gasteiger partial charge in [-0.05, 0) is 43.7 Å². The predicted octanol–water partition coefficient (Wildman–Crippen LogP) is 5.77. The lowest BCUT2D eigenvalue weighted by Crippen LogP contribution is -2.17. The minimum Gasteiger partial charge on any atom is -0.323 e. The fourth-order valence-electron chi connectivity index (χ4n) is 3.20. The Morgan fingerprint density at radius 1 is 1.30 bits per heavy atom. The largest absolute Gasteiger partial charge is 0.323 e. The van der Waals surface area contributed by atoms with Gasteiger partial charge in [-0.25, -0.2) is 18.4 Å². The average molecular weight is 431 g/mol. The summed E-state index contributed by atoms with van der Waals surface area (Å²) >= 11 is 5.98. The number of nitrogens with zero attached hydrogens (tertiary/aromatic N) is 5. The van der Waals surface area contributed by atoms with E-state index in [-0.39, 0.29) is 24.4 Å². The van der Waals surface area contributed by atoms with Gasteiger partial charge in [-0.2, -0.15) is 10.2 Å². The van der Waals surface area contributed by atoms with E-state index in [1.54, 1.807) is 23.0 Å². The lowest BCUT2D eigenvalue weighted by Gasteiger charge is -2.21. The molecule has 1 atom stereocenters. The monoisotopic (exact) mass is 430 g/mol.